The Balaban J connectivity index is 1.86. The van der Waals surface area contributed by atoms with Crippen molar-refractivity contribution in [1.82, 2.24) is 10.6 Å². The predicted molar refractivity (Wildman–Crippen MR) is 84.3 cm³/mol. The Morgan fingerprint density at radius 3 is 2.50 bits per heavy atom. The molecule has 0 aliphatic heterocycles. The van der Waals surface area contributed by atoms with Crippen LogP contribution in [-0.2, 0) is 22.4 Å². The number of amides is 2. The van der Waals surface area contributed by atoms with E-state index in [2.05, 4.69) is 16.7 Å². The van der Waals surface area contributed by atoms with Gasteiger partial charge in [0.25, 0.3) is 0 Å². The number of carbonyl (C=O) groups excluding carboxylic acids is 2. The van der Waals surface area contributed by atoms with Crippen LogP contribution >= 0.6 is 0 Å². The number of hydrogen-bond donors (Lipinski definition) is 3. The highest BCUT2D eigenvalue weighted by atomic mass is 16.3. The van der Waals surface area contributed by atoms with Gasteiger partial charge in [0.05, 0.1) is 5.60 Å². The smallest absolute Gasteiger partial charge is 0.309 e. The highest BCUT2D eigenvalue weighted by Crippen LogP contribution is 2.28. The van der Waals surface area contributed by atoms with Gasteiger partial charge in [0.1, 0.15) is 0 Å². The molecule has 0 aromatic heterocycles. The minimum absolute atomic E-state index is 0.0925. The molecular weight excluding hydrogens is 280 g/mol. The summed E-state index contributed by atoms with van der Waals surface area (Å²) in [5, 5.41) is 15.7. The number of rotatable bonds is 4. The third-order valence-electron chi connectivity index (χ3n) is 3.95. The van der Waals surface area contributed by atoms with Crippen LogP contribution in [0.3, 0.4) is 0 Å². The molecule has 1 aliphatic rings. The molecule has 120 valence electrons. The Hall–Kier alpha value is -1.88. The van der Waals surface area contributed by atoms with E-state index in [9.17, 15) is 14.7 Å². The average molecular weight is 304 g/mol. The van der Waals surface area contributed by atoms with Gasteiger partial charge < -0.3 is 15.7 Å². The van der Waals surface area contributed by atoms with Crippen molar-refractivity contribution in [2.45, 2.75) is 38.7 Å². The standard InChI is InChI=1S/C17H24N2O3/c1-12(2)10-18-15(20)16(21)19-11-17(22)8-7-13-5-3-4-6-14(13)9-17/h3-6,12,22H,7-11H2,1-2H3,(H,18,20)(H,19,21). The molecule has 0 saturated carbocycles. The maximum absolute atomic E-state index is 11.8. The van der Waals surface area contributed by atoms with E-state index in [4.69, 9.17) is 0 Å². The van der Waals surface area contributed by atoms with Crippen molar-refractivity contribution in [2.24, 2.45) is 5.92 Å². The summed E-state index contributed by atoms with van der Waals surface area (Å²) in [5.41, 5.74) is 1.37. The van der Waals surface area contributed by atoms with E-state index in [1.54, 1.807) is 0 Å². The molecule has 0 spiro atoms. The highest BCUT2D eigenvalue weighted by Gasteiger charge is 2.32. The molecule has 0 heterocycles. The number of aryl methyl sites for hydroxylation is 1. The molecule has 1 aromatic rings. The largest absolute Gasteiger partial charge is 0.388 e. The average Bonchev–Trinajstić information content (AvgIpc) is 2.50. The molecule has 1 aliphatic carbocycles. The van der Waals surface area contributed by atoms with Crippen LogP contribution in [0.5, 0.6) is 0 Å². The molecule has 0 bridgehead atoms. The maximum atomic E-state index is 11.8. The number of nitrogens with one attached hydrogen (secondary N) is 2. The van der Waals surface area contributed by atoms with E-state index >= 15 is 0 Å². The first-order valence-corrected chi connectivity index (χ1v) is 7.75. The first kappa shape index (κ1) is 16.5. The van der Waals surface area contributed by atoms with Crippen molar-refractivity contribution >= 4 is 11.8 Å². The van der Waals surface area contributed by atoms with Crippen LogP contribution in [0.2, 0.25) is 0 Å². The maximum Gasteiger partial charge on any atom is 0.309 e. The van der Waals surface area contributed by atoms with Gasteiger partial charge in [0.2, 0.25) is 0 Å². The van der Waals surface area contributed by atoms with Crippen LogP contribution in [-0.4, -0.2) is 35.6 Å². The first-order chi connectivity index (χ1) is 10.4. The molecule has 22 heavy (non-hydrogen) atoms. The molecule has 0 fully saturated rings. The molecule has 3 N–H and O–H groups in total. The van der Waals surface area contributed by atoms with E-state index in [1.807, 2.05) is 32.0 Å². The summed E-state index contributed by atoms with van der Waals surface area (Å²) in [6.07, 6.45) is 1.86. The normalized spacial score (nSPS) is 20.4. The van der Waals surface area contributed by atoms with Gasteiger partial charge >= 0.3 is 11.8 Å². The molecule has 1 unspecified atom stereocenters. The second-order valence-electron chi connectivity index (χ2n) is 6.46. The molecule has 0 radical (unpaired) electrons. The minimum atomic E-state index is -0.984. The summed E-state index contributed by atoms with van der Waals surface area (Å²) in [5.74, 6) is -1.04. The Kier molecular flexibility index (Phi) is 5.19. The van der Waals surface area contributed by atoms with Gasteiger partial charge in [-0.1, -0.05) is 38.1 Å². The van der Waals surface area contributed by atoms with Crippen LogP contribution in [0.1, 0.15) is 31.4 Å². The van der Waals surface area contributed by atoms with E-state index in [1.165, 1.54) is 5.56 Å². The molecule has 2 rings (SSSR count). The summed E-state index contributed by atoms with van der Waals surface area (Å²) in [7, 11) is 0. The predicted octanol–water partition coefficient (Wildman–Crippen LogP) is 0.795. The highest BCUT2D eigenvalue weighted by molar-refractivity contribution is 6.35. The van der Waals surface area contributed by atoms with Gasteiger partial charge in [-0.25, -0.2) is 0 Å². The molecule has 1 aromatic carbocycles. The first-order valence-electron chi connectivity index (χ1n) is 7.75. The summed E-state index contributed by atoms with van der Waals surface area (Å²) >= 11 is 0. The van der Waals surface area contributed by atoms with Crippen molar-refractivity contribution in [3.05, 3.63) is 35.4 Å². The molecule has 5 nitrogen and oxygen atoms in total. The second-order valence-corrected chi connectivity index (χ2v) is 6.46. The molecule has 0 saturated heterocycles. The molecular formula is C17H24N2O3. The van der Waals surface area contributed by atoms with E-state index in [0.717, 1.165) is 12.0 Å². The van der Waals surface area contributed by atoms with E-state index in [-0.39, 0.29) is 12.5 Å². The number of benzene rings is 1. The third kappa shape index (κ3) is 4.31. The summed E-state index contributed by atoms with van der Waals surface area (Å²) < 4.78 is 0. The third-order valence-corrected chi connectivity index (χ3v) is 3.95. The monoisotopic (exact) mass is 304 g/mol. The number of hydrogen-bond acceptors (Lipinski definition) is 3. The SMILES string of the molecule is CC(C)CNC(=O)C(=O)NCC1(O)CCc2ccccc2C1. The molecule has 5 heteroatoms. The van der Waals surface area contributed by atoms with E-state index < -0.39 is 17.4 Å². The second kappa shape index (κ2) is 6.92. The van der Waals surface area contributed by atoms with Crippen molar-refractivity contribution < 1.29 is 14.7 Å². The van der Waals surface area contributed by atoms with Gasteiger partial charge in [-0.05, 0) is 29.9 Å². The van der Waals surface area contributed by atoms with Gasteiger partial charge in [-0.2, -0.15) is 0 Å². The zero-order valence-electron chi connectivity index (χ0n) is 13.2. The van der Waals surface area contributed by atoms with Crippen LogP contribution in [0.25, 0.3) is 0 Å². The number of carbonyl (C=O) groups is 2. The summed E-state index contributed by atoms with van der Waals surface area (Å²) in [4.78, 5) is 23.4. The summed E-state index contributed by atoms with van der Waals surface area (Å²) in [6.45, 7) is 4.47. The molecule has 2 amide bonds. The Morgan fingerprint density at radius 1 is 1.18 bits per heavy atom. The topological polar surface area (TPSA) is 78.4 Å². The fraction of sp³-hybridized carbons (Fsp3) is 0.529. The van der Waals surface area contributed by atoms with Crippen molar-refractivity contribution in [3.8, 4) is 0 Å². The van der Waals surface area contributed by atoms with Crippen LogP contribution in [0, 0.1) is 5.92 Å². The lowest BCUT2D eigenvalue weighted by Gasteiger charge is -2.33. The zero-order chi connectivity index (χ0) is 16.2. The van der Waals surface area contributed by atoms with Crippen LogP contribution in [0.15, 0.2) is 24.3 Å². The Labute approximate surface area is 131 Å². The quantitative estimate of drug-likeness (QED) is 0.720. The molecule has 1 atom stereocenters. The Bertz CT molecular complexity index is 557. The van der Waals surface area contributed by atoms with Crippen LogP contribution in [0.4, 0.5) is 0 Å². The van der Waals surface area contributed by atoms with Crippen molar-refractivity contribution in [1.29, 1.82) is 0 Å². The van der Waals surface area contributed by atoms with E-state index in [0.29, 0.717) is 19.4 Å². The number of fused-ring (bicyclic) bond motifs is 1. The van der Waals surface area contributed by atoms with Gasteiger partial charge in [-0.3, -0.25) is 9.59 Å². The van der Waals surface area contributed by atoms with Gasteiger partial charge in [0.15, 0.2) is 0 Å². The Morgan fingerprint density at radius 2 is 1.82 bits per heavy atom. The van der Waals surface area contributed by atoms with Crippen molar-refractivity contribution in [2.75, 3.05) is 13.1 Å². The fourth-order valence-electron chi connectivity index (χ4n) is 2.64. The van der Waals surface area contributed by atoms with Gasteiger partial charge in [-0.15, -0.1) is 0 Å². The van der Waals surface area contributed by atoms with Crippen molar-refractivity contribution in [3.63, 3.8) is 0 Å². The zero-order valence-corrected chi connectivity index (χ0v) is 13.2. The van der Waals surface area contributed by atoms with Gasteiger partial charge in [0, 0.05) is 19.5 Å². The lowest BCUT2D eigenvalue weighted by Crippen LogP contribution is -2.50. The minimum Gasteiger partial charge on any atom is -0.388 e. The number of aliphatic hydroxyl groups is 1. The lowest BCUT2D eigenvalue weighted by molar-refractivity contribution is -0.140. The lowest BCUT2D eigenvalue weighted by atomic mass is 9.80. The summed E-state index contributed by atoms with van der Waals surface area (Å²) in [6, 6.07) is 8.00. The fourth-order valence-corrected chi connectivity index (χ4v) is 2.64. The van der Waals surface area contributed by atoms with Crippen LogP contribution < -0.4 is 10.6 Å².